The van der Waals surface area contributed by atoms with Gasteiger partial charge in [-0.3, -0.25) is 4.79 Å². The summed E-state index contributed by atoms with van der Waals surface area (Å²) in [4.78, 5) is 21.7. The van der Waals surface area contributed by atoms with E-state index in [1.54, 1.807) is 6.07 Å². The Morgan fingerprint density at radius 1 is 1.23 bits per heavy atom. The first-order chi connectivity index (χ1) is 12.5. The molecule has 26 heavy (non-hydrogen) atoms. The quantitative estimate of drug-likeness (QED) is 0.778. The van der Waals surface area contributed by atoms with Crippen LogP contribution in [-0.4, -0.2) is 47.1 Å². The number of halogens is 3. The molecule has 0 spiro atoms. The highest BCUT2D eigenvalue weighted by atomic mass is 19.2. The molecule has 0 bridgehead atoms. The van der Waals surface area contributed by atoms with Gasteiger partial charge in [-0.1, -0.05) is 0 Å². The highest BCUT2D eigenvalue weighted by Gasteiger charge is 2.29. The summed E-state index contributed by atoms with van der Waals surface area (Å²) in [5.74, 6) is -4.91. The Hall–Kier alpha value is -2.84. The lowest BCUT2D eigenvalue weighted by atomic mass is 10.1. The third kappa shape index (κ3) is 3.71. The van der Waals surface area contributed by atoms with Gasteiger partial charge in [-0.25, -0.2) is 18.2 Å². The number of ether oxygens (including phenoxy) is 2. The monoisotopic (exact) mass is 367 g/mol. The molecule has 1 unspecified atom stereocenters. The summed E-state index contributed by atoms with van der Waals surface area (Å²) in [5, 5.41) is 0. The van der Waals surface area contributed by atoms with Gasteiger partial charge >= 0.3 is 6.01 Å². The van der Waals surface area contributed by atoms with Gasteiger partial charge in [-0.05, 0) is 25.0 Å². The first kappa shape index (κ1) is 18.0. The van der Waals surface area contributed by atoms with Gasteiger partial charge in [-0.2, -0.15) is 4.98 Å². The summed E-state index contributed by atoms with van der Waals surface area (Å²) in [6.07, 6.45) is 2.38. The zero-order valence-corrected chi connectivity index (χ0v) is 13.9. The van der Waals surface area contributed by atoms with E-state index in [9.17, 15) is 18.0 Å². The van der Waals surface area contributed by atoms with Crippen LogP contribution in [0.25, 0.3) is 0 Å². The van der Waals surface area contributed by atoms with Crippen molar-refractivity contribution in [2.45, 2.75) is 18.9 Å². The summed E-state index contributed by atoms with van der Waals surface area (Å²) in [6, 6.07) is 3.38. The summed E-state index contributed by atoms with van der Waals surface area (Å²) in [6.45, 7) is 0.536. The number of amides is 1. The fourth-order valence-electron chi connectivity index (χ4n) is 2.74. The number of methoxy groups -OCH3 is 1. The molecule has 0 radical (unpaired) electrons. The van der Waals surface area contributed by atoms with Gasteiger partial charge in [-0.15, -0.1) is 0 Å². The summed E-state index contributed by atoms with van der Waals surface area (Å²) in [5.41, 5.74) is -0.506. The van der Waals surface area contributed by atoms with Gasteiger partial charge in [0.1, 0.15) is 6.10 Å². The molecule has 6 nitrogen and oxygen atoms in total. The van der Waals surface area contributed by atoms with E-state index < -0.39 is 28.9 Å². The second kappa shape index (κ2) is 7.59. The molecule has 1 aromatic carbocycles. The number of likely N-dealkylation sites (tertiary alicyclic amines) is 1. The van der Waals surface area contributed by atoms with E-state index in [1.165, 1.54) is 18.2 Å². The van der Waals surface area contributed by atoms with E-state index >= 15 is 0 Å². The van der Waals surface area contributed by atoms with Crippen LogP contribution in [0.2, 0.25) is 0 Å². The van der Waals surface area contributed by atoms with Crippen molar-refractivity contribution in [3.8, 4) is 11.9 Å². The van der Waals surface area contributed by atoms with Crippen molar-refractivity contribution in [3.05, 3.63) is 47.4 Å². The van der Waals surface area contributed by atoms with E-state index in [-0.39, 0.29) is 24.5 Å². The third-order valence-electron chi connectivity index (χ3n) is 4.01. The lowest BCUT2D eigenvalue weighted by molar-refractivity contribution is 0.0520. The number of carbonyl (C=O) groups is 1. The van der Waals surface area contributed by atoms with E-state index in [0.717, 1.165) is 12.1 Å². The van der Waals surface area contributed by atoms with E-state index in [2.05, 4.69) is 9.97 Å². The number of nitrogens with zero attached hydrogens (tertiary/aromatic N) is 3. The minimum absolute atomic E-state index is 0.148. The number of hydrogen-bond donors (Lipinski definition) is 0. The van der Waals surface area contributed by atoms with Crippen LogP contribution in [0.3, 0.4) is 0 Å². The highest BCUT2D eigenvalue weighted by Crippen LogP contribution is 2.22. The number of carbonyl (C=O) groups excluding carboxylic acids is 1. The molecule has 1 aliphatic rings. The van der Waals surface area contributed by atoms with Gasteiger partial charge in [0, 0.05) is 18.8 Å². The molecule has 1 saturated heterocycles. The van der Waals surface area contributed by atoms with Crippen molar-refractivity contribution >= 4 is 5.91 Å². The third-order valence-corrected chi connectivity index (χ3v) is 4.01. The number of rotatable bonds is 4. The Labute approximate surface area is 147 Å². The zero-order valence-electron chi connectivity index (χ0n) is 13.9. The lowest BCUT2D eigenvalue weighted by Gasteiger charge is -2.32. The number of benzene rings is 1. The second-order valence-electron chi connectivity index (χ2n) is 5.74. The van der Waals surface area contributed by atoms with Crippen LogP contribution >= 0.6 is 0 Å². The molecule has 0 N–H and O–H groups in total. The molecule has 2 aromatic rings. The minimum Gasteiger partial charge on any atom is -0.472 e. The Morgan fingerprint density at radius 3 is 2.81 bits per heavy atom. The first-order valence-corrected chi connectivity index (χ1v) is 7.96. The molecule has 0 saturated carbocycles. The highest BCUT2D eigenvalue weighted by molar-refractivity contribution is 5.94. The molecular formula is C17H16F3N3O3. The molecule has 138 valence electrons. The number of aromatic nitrogens is 2. The van der Waals surface area contributed by atoms with Crippen molar-refractivity contribution in [2.24, 2.45) is 0 Å². The topological polar surface area (TPSA) is 64.6 Å². The minimum atomic E-state index is -1.66. The molecule has 9 heteroatoms. The average molecular weight is 367 g/mol. The SMILES string of the molecule is COc1nccc(OC2CCCN(C(=O)c3ccc(F)c(F)c3F)C2)n1. The largest absolute Gasteiger partial charge is 0.472 e. The average Bonchev–Trinajstić information content (AvgIpc) is 2.66. The molecule has 1 atom stereocenters. The fraction of sp³-hybridized carbons (Fsp3) is 0.353. The predicted octanol–water partition coefficient (Wildman–Crippen LogP) is 2.59. The van der Waals surface area contributed by atoms with Gasteiger partial charge in [0.15, 0.2) is 17.5 Å². The van der Waals surface area contributed by atoms with E-state index in [1.807, 2.05) is 0 Å². The molecule has 2 heterocycles. The number of piperidine rings is 1. The van der Waals surface area contributed by atoms with Crippen molar-refractivity contribution < 1.29 is 27.4 Å². The van der Waals surface area contributed by atoms with Crippen LogP contribution in [0.4, 0.5) is 13.2 Å². The Morgan fingerprint density at radius 2 is 2.04 bits per heavy atom. The van der Waals surface area contributed by atoms with Crippen molar-refractivity contribution in [3.63, 3.8) is 0 Å². The predicted molar refractivity (Wildman–Crippen MR) is 84.5 cm³/mol. The molecule has 3 rings (SSSR count). The summed E-state index contributed by atoms with van der Waals surface area (Å²) < 4.78 is 51.0. The van der Waals surface area contributed by atoms with Gasteiger partial charge < -0.3 is 14.4 Å². The van der Waals surface area contributed by atoms with Crippen LogP contribution in [0.5, 0.6) is 11.9 Å². The van der Waals surface area contributed by atoms with Gasteiger partial charge in [0.2, 0.25) is 5.88 Å². The summed E-state index contributed by atoms with van der Waals surface area (Å²) in [7, 11) is 1.43. The second-order valence-corrected chi connectivity index (χ2v) is 5.74. The van der Waals surface area contributed by atoms with E-state index in [0.29, 0.717) is 19.4 Å². The van der Waals surface area contributed by atoms with Crippen LogP contribution in [0, 0.1) is 17.5 Å². The molecule has 1 amide bonds. The maximum Gasteiger partial charge on any atom is 0.319 e. The number of hydrogen-bond acceptors (Lipinski definition) is 5. The first-order valence-electron chi connectivity index (χ1n) is 7.96. The zero-order chi connectivity index (χ0) is 18.7. The smallest absolute Gasteiger partial charge is 0.319 e. The van der Waals surface area contributed by atoms with Gasteiger partial charge in [0.25, 0.3) is 5.91 Å². The van der Waals surface area contributed by atoms with Crippen LogP contribution in [0.1, 0.15) is 23.2 Å². The molecule has 1 aromatic heterocycles. The maximum absolute atomic E-state index is 13.9. The fourth-order valence-corrected chi connectivity index (χ4v) is 2.74. The molecule has 0 aliphatic carbocycles. The maximum atomic E-state index is 13.9. The van der Waals surface area contributed by atoms with Crippen molar-refractivity contribution in [1.29, 1.82) is 0 Å². The Kier molecular flexibility index (Phi) is 5.24. The van der Waals surface area contributed by atoms with Crippen LogP contribution in [0.15, 0.2) is 24.4 Å². The normalized spacial score (nSPS) is 17.1. The molecule has 1 fully saturated rings. The van der Waals surface area contributed by atoms with E-state index in [4.69, 9.17) is 9.47 Å². The lowest BCUT2D eigenvalue weighted by Crippen LogP contribution is -2.44. The Balaban J connectivity index is 1.72. The van der Waals surface area contributed by atoms with Crippen molar-refractivity contribution in [2.75, 3.05) is 20.2 Å². The standard InChI is InChI=1S/C17H16F3N3O3/c1-25-17-21-7-6-13(22-17)26-10-3-2-8-23(9-10)16(24)11-4-5-12(18)15(20)14(11)19/h4-7,10H,2-3,8-9H2,1H3. The Bertz CT molecular complexity index is 819. The molecular weight excluding hydrogens is 351 g/mol. The van der Waals surface area contributed by atoms with Crippen molar-refractivity contribution in [1.82, 2.24) is 14.9 Å². The summed E-state index contributed by atoms with van der Waals surface area (Å²) >= 11 is 0. The van der Waals surface area contributed by atoms with Crippen LogP contribution < -0.4 is 9.47 Å². The molecule has 1 aliphatic heterocycles. The van der Waals surface area contributed by atoms with Gasteiger partial charge in [0.05, 0.1) is 19.2 Å². The van der Waals surface area contributed by atoms with Crippen LogP contribution in [-0.2, 0) is 0 Å².